The van der Waals surface area contributed by atoms with E-state index in [1.165, 1.54) is 6.07 Å². The van der Waals surface area contributed by atoms with Crippen molar-refractivity contribution in [1.29, 1.82) is 5.26 Å². The van der Waals surface area contributed by atoms with Gasteiger partial charge in [-0.15, -0.1) is 0 Å². The van der Waals surface area contributed by atoms with Gasteiger partial charge in [-0.2, -0.15) is 5.26 Å². The van der Waals surface area contributed by atoms with Gasteiger partial charge in [0.2, 0.25) is 0 Å². The number of hydrogen-bond donors (Lipinski definition) is 1. The summed E-state index contributed by atoms with van der Waals surface area (Å²) < 4.78 is 18.8. The quantitative estimate of drug-likeness (QED) is 0.751. The minimum absolute atomic E-state index is 0.287. The zero-order chi connectivity index (χ0) is 11.8. The van der Waals surface area contributed by atoms with Gasteiger partial charge in [0.1, 0.15) is 0 Å². The molecule has 0 spiro atoms. The van der Waals surface area contributed by atoms with Gasteiger partial charge in [-0.1, -0.05) is 12.1 Å². The molecule has 3 nitrogen and oxygen atoms in total. The van der Waals surface area contributed by atoms with Crippen molar-refractivity contribution in [2.45, 2.75) is 19.4 Å². The first-order chi connectivity index (χ1) is 7.79. The van der Waals surface area contributed by atoms with E-state index in [9.17, 15) is 4.39 Å². The molecule has 0 aliphatic heterocycles. The summed E-state index contributed by atoms with van der Waals surface area (Å²) in [5.41, 5.74) is 0.791. The van der Waals surface area contributed by atoms with Crippen molar-refractivity contribution in [2.75, 3.05) is 13.7 Å². The zero-order valence-electron chi connectivity index (χ0n) is 9.29. The van der Waals surface area contributed by atoms with Crippen LogP contribution in [0.25, 0.3) is 0 Å². The van der Waals surface area contributed by atoms with Crippen molar-refractivity contribution in [3.05, 3.63) is 29.6 Å². The number of ether oxygens (including phenoxy) is 1. The van der Waals surface area contributed by atoms with Crippen LogP contribution in [0.15, 0.2) is 18.2 Å². The summed E-state index contributed by atoms with van der Waals surface area (Å²) in [5.74, 6) is -0.0699. The fraction of sp³-hybridized carbons (Fsp3) is 0.417. The van der Waals surface area contributed by atoms with Gasteiger partial charge in [-0.25, -0.2) is 4.39 Å². The summed E-state index contributed by atoms with van der Waals surface area (Å²) in [4.78, 5) is 0. The summed E-state index contributed by atoms with van der Waals surface area (Å²) in [5, 5.41) is 11.3. The molecule has 1 aromatic rings. The van der Waals surface area contributed by atoms with Crippen molar-refractivity contribution >= 4 is 0 Å². The number of nitriles is 1. The normalized spacial score (nSPS) is 9.81. The molecule has 0 aliphatic carbocycles. The Balaban J connectivity index is 2.65. The fourth-order valence-corrected chi connectivity index (χ4v) is 1.37. The summed E-state index contributed by atoms with van der Waals surface area (Å²) >= 11 is 0. The Morgan fingerprint density at radius 1 is 1.50 bits per heavy atom. The summed E-state index contributed by atoms with van der Waals surface area (Å²) in [7, 11) is 1.80. The Hall–Kier alpha value is -1.60. The third-order valence-corrected chi connectivity index (χ3v) is 2.10. The van der Waals surface area contributed by atoms with Gasteiger partial charge in [-0.3, -0.25) is 0 Å². The van der Waals surface area contributed by atoms with Gasteiger partial charge in [-0.05, 0) is 19.5 Å². The van der Waals surface area contributed by atoms with Crippen LogP contribution in [0.3, 0.4) is 0 Å². The highest BCUT2D eigenvalue weighted by Crippen LogP contribution is 2.22. The number of hydrogen-bond acceptors (Lipinski definition) is 3. The van der Waals surface area contributed by atoms with Crippen molar-refractivity contribution in [1.82, 2.24) is 5.32 Å². The Morgan fingerprint density at radius 2 is 2.31 bits per heavy atom. The van der Waals surface area contributed by atoms with Crippen LogP contribution in [-0.2, 0) is 6.54 Å². The van der Waals surface area contributed by atoms with Crippen LogP contribution in [0.4, 0.5) is 4.39 Å². The molecule has 4 heteroatoms. The van der Waals surface area contributed by atoms with E-state index in [0.717, 1.165) is 5.56 Å². The Morgan fingerprint density at radius 3 is 3.00 bits per heavy atom. The van der Waals surface area contributed by atoms with E-state index >= 15 is 0 Å². The van der Waals surface area contributed by atoms with Gasteiger partial charge >= 0.3 is 0 Å². The highest BCUT2D eigenvalue weighted by molar-refractivity contribution is 5.34. The molecule has 0 unspecified atom stereocenters. The predicted octanol–water partition coefficient (Wildman–Crippen LogP) is 2.23. The minimum Gasteiger partial charge on any atom is -0.490 e. The van der Waals surface area contributed by atoms with Crippen molar-refractivity contribution < 1.29 is 9.13 Å². The molecule has 86 valence electrons. The SMILES string of the molecule is CNCc1cccc(F)c1OCCCC#N. The van der Waals surface area contributed by atoms with Crippen molar-refractivity contribution in [3.63, 3.8) is 0 Å². The third-order valence-electron chi connectivity index (χ3n) is 2.10. The molecular formula is C12H15FN2O. The minimum atomic E-state index is -0.357. The number of para-hydroxylation sites is 1. The number of nitrogens with zero attached hydrogens (tertiary/aromatic N) is 1. The zero-order valence-corrected chi connectivity index (χ0v) is 9.29. The summed E-state index contributed by atoms with van der Waals surface area (Å²) in [6.07, 6.45) is 1.04. The molecule has 0 aliphatic rings. The summed E-state index contributed by atoms with van der Waals surface area (Å²) in [6, 6.07) is 6.87. The molecule has 1 rings (SSSR count). The lowest BCUT2D eigenvalue weighted by molar-refractivity contribution is 0.293. The lowest BCUT2D eigenvalue weighted by Crippen LogP contribution is -2.09. The van der Waals surface area contributed by atoms with Crippen LogP contribution < -0.4 is 10.1 Å². The van der Waals surface area contributed by atoms with Crippen LogP contribution in [0.5, 0.6) is 5.75 Å². The Labute approximate surface area is 94.8 Å². The van der Waals surface area contributed by atoms with E-state index in [1.807, 2.05) is 12.1 Å². The van der Waals surface area contributed by atoms with E-state index in [-0.39, 0.29) is 11.6 Å². The van der Waals surface area contributed by atoms with E-state index in [4.69, 9.17) is 10.00 Å². The van der Waals surface area contributed by atoms with Gasteiger partial charge in [0.15, 0.2) is 11.6 Å². The number of benzene rings is 1. The molecule has 0 atom stereocenters. The molecule has 0 heterocycles. The third kappa shape index (κ3) is 3.52. The molecule has 0 saturated heterocycles. The molecular weight excluding hydrogens is 207 g/mol. The maximum Gasteiger partial charge on any atom is 0.165 e. The average molecular weight is 222 g/mol. The van der Waals surface area contributed by atoms with Gasteiger partial charge in [0.25, 0.3) is 0 Å². The first kappa shape index (κ1) is 12.5. The number of rotatable bonds is 6. The van der Waals surface area contributed by atoms with Crippen LogP contribution in [-0.4, -0.2) is 13.7 Å². The molecule has 0 aromatic heterocycles. The Bertz CT molecular complexity index is 374. The second kappa shape index (κ2) is 6.81. The predicted molar refractivity (Wildman–Crippen MR) is 59.5 cm³/mol. The first-order valence-corrected chi connectivity index (χ1v) is 5.21. The van der Waals surface area contributed by atoms with Crippen molar-refractivity contribution in [2.24, 2.45) is 0 Å². The standard InChI is InChI=1S/C12H15FN2O/c1-15-9-10-5-4-6-11(13)12(10)16-8-3-2-7-14/h4-6,15H,2-3,8-9H2,1H3. The second-order valence-corrected chi connectivity index (χ2v) is 3.37. The monoisotopic (exact) mass is 222 g/mol. The van der Waals surface area contributed by atoms with Gasteiger partial charge in [0.05, 0.1) is 12.7 Å². The topological polar surface area (TPSA) is 45.0 Å². The number of unbranched alkanes of at least 4 members (excludes halogenated alkanes) is 1. The molecule has 0 fully saturated rings. The second-order valence-electron chi connectivity index (χ2n) is 3.37. The first-order valence-electron chi connectivity index (χ1n) is 5.21. The van der Waals surface area contributed by atoms with Crippen LogP contribution in [0, 0.1) is 17.1 Å². The molecule has 0 saturated carbocycles. The van der Waals surface area contributed by atoms with E-state index in [0.29, 0.717) is 26.0 Å². The van der Waals surface area contributed by atoms with Crippen LogP contribution in [0.1, 0.15) is 18.4 Å². The van der Waals surface area contributed by atoms with E-state index < -0.39 is 0 Å². The number of halogens is 1. The molecule has 0 radical (unpaired) electrons. The molecule has 1 N–H and O–H groups in total. The fourth-order valence-electron chi connectivity index (χ4n) is 1.37. The lowest BCUT2D eigenvalue weighted by Gasteiger charge is -2.11. The molecule has 0 amide bonds. The Kier molecular flexibility index (Phi) is 5.30. The number of nitrogens with one attached hydrogen (secondary N) is 1. The van der Waals surface area contributed by atoms with Crippen LogP contribution >= 0.6 is 0 Å². The largest absolute Gasteiger partial charge is 0.490 e. The molecule has 0 bridgehead atoms. The summed E-state index contributed by atoms with van der Waals surface area (Å²) in [6.45, 7) is 0.927. The van der Waals surface area contributed by atoms with Gasteiger partial charge < -0.3 is 10.1 Å². The average Bonchev–Trinajstić information content (AvgIpc) is 2.28. The highest BCUT2D eigenvalue weighted by Gasteiger charge is 2.08. The maximum atomic E-state index is 13.5. The van der Waals surface area contributed by atoms with Gasteiger partial charge in [0, 0.05) is 18.5 Å². The lowest BCUT2D eigenvalue weighted by atomic mass is 10.2. The highest BCUT2D eigenvalue weighted by atomic mass is 19.1. The van der Waals surface area contributed by atoms with Crippen LogP contribution in [0.2, 0.25) is 0 Å². The maximum absolute atomic E-state index is 13.5. The molecule has 1 aromatic carbocycles. The van der Waals surface area contributed by atoms with E-state index in [1.54, 1.807) is 13.1 Å². The van der Waals surface area contributed by atoms with Crippen molar-refractivity contribution in [3.8, 4) is 11.8 Å². The molecule has 16 heavy (non-hydrogen) atoms. The van der Waals surface area contributed by atoms with E-state index in [2.05, 4.69) is 5.32 Å². The smallest absolute Gasteiger partial charge is 0.165 e.